The van der Waals surface area contributed by atoms with E-state index in [1.54, 1.807) is 18.2 Å². The Hall–Kier alpha value is -1.98. The van der Waals surface area contributed by atoms with Gasteiger partial charge in [-0.2, -0.15) is 4.39 Å². The van der Waals surface area contributed by atoms with Crippen LogP contribution in [0.1, 0.15) is 5.56 Å². The fourth-order valence-electron chi connectivity index (χ4n) is 1.08. The van der Waals surface area contributed by atoms with Crippen molar-refractivity contribution in [2.75, 3.05) is 0 Å². The normalized spacial score (nSPS) is 14.2. The van der Waals surface area contributed by atoms with E-state index < -0.39 is 23.1 Å². The SMILES string of the molecule is O=C(O)C(F)(Cc1ccccc1)[N+](=O)[O-]. The maximum Gasteiger partial charge on any atom is 0.458 e. The number of halogens is 1. The second-order valence-electron chi connectivity index (χ2n) is 2.98. The van der Waals surface area contributed by atoms with E-state index in [2.05, 4.69) is 0 Å². The summed E-state index contributed by atoms with van der Waals surface area (Å²) in [5, 5.41) is 18.8. The molecule has 0 bridgehead atoms. The number of hydrogen-bond donors (Lipinski definition) is 1. The molecule has 15 heavy (non-hydrogen) atoms. The van der Waals surface area contributed by atoms with Gasteiger partial charge < -0.3 is 5.11 Å². The van der Waals surface area contributed by atoms with Crippen LogP contribution in [-0.2, 0) is 11.2 Å². The molecular formula is C9H8FNO4. The molecule has 0 saturated heterocycles. The van der Waals surface area contributed by atoms with Crippen LogP contribution >= 0.6 is 0 Å². The van der Waals surface area contributed by atoms with Gasteiger partial charge in [0.15, 0.2) is 0 Å². The lowest BCUT2D eigenvalue weighted by Gasteiger charge is -2.11. The van der Waals surface area contributed by atoms with Crippen LogP contribution in [0.25, 0.3) is 0 Å². The predicted octanol–water partition coefficient (Wildman–Crippen LogP) is 1.26. The van der Waals surface area contributed by atoms with Gasteiger partial charge in [-0.25, -0.2) is 4.79 Å². The zero-order valence-electron chi connectivity index (χ0n) is 7.59. The van der Waals surface area contributed by atoms with Crippen molar-refractivity contribution < 1.29 is 19.2 Å². The summed E-state index contributed by atoms with van der Waals surface area (Å²) in [6, 6.07) is 7.62. The molecule has 1 aromatic carbocycles. The summed E-state index contributed by atoms with van der Waals surface area (Å²) >= 11 is 0. The topological polar surface area (TPSA) is 80.4 Å². The summed E-state index contributed by atoms with van der Waals surface area (Å²) in [7, 11) is 0. The highest BCUT2D eigenvalue weighted by Crippen LogP contribution is 2.19. The van der Waals surface area contributed by atoms with Crippen molar-refractivity contribution in [2.24, 2.45) is 0 Å². The summed E-state index contributed by atoms with van der Waals surface area (Å²) in [5.74, 6) is -5.54. The van der Waals surface area contributed by atoms with Crippen LogP contribution in [0.3, 0.4) is 0 Å². The predicted molar refractivity (Wildman–Crippen MR) is 48.6 cm³/mol. The first-order valence-corrected chi connectivity index (χ1v) is 4.07. The highest BCUT2D eigenvalue weighted by molar-refractivity contribution is 5.75. The third-order valence-corrected chi connectivity index (χ3v) is 1.90. The fourth-order valence-corrected chi connectivity index (χ4v) is 1.08. The second-order valence-corrected chi connectivity index (χ2v) is 2.98. The number of aliphatic carboxylic acids is 1. The number of nitrogens with zero attached hydrogens (tertiary/aromatic N) is 1. The van der Waals surface area contributed by atoms with Crippen LogP contribution in [0, 0.1) is 10.1 Å². The highest BCUT2D eigenvalue weighted by Gasteiger charge is 2.52. The minimum atomic E-state index is -3.46. The van der Waals surface area contributed by atoms with Gasteiger partial charge in [-0.3, -0.25) is 10.1 Å². The van der Waals surface area contributed by atoms with Crippen LogP contribution in [0.15, 0.2) is 30.3 Å². The number of benzene rings is 1. The number of nitro groups is 1. The lowest BCUT2D eigenvalue weighted by molar-refractivity contribution is -0.588. The molecule has 0 spiro atoms. The molecule has 0 aliphatic rings. The van der Waals surface area contributed by atoms with Crippen LogP contribution in [0.2, 0.25) is 0 Å². The van der Waals surface area contributed by atoms with Gasteiger partial charge in [-0.15, -0.1) is 0 Å². The van der Waals surface area contributed by atoms with E-state index in [0.717, 1.165) is 0 Å². The van der Waals surface area contributed by atoms with E-state index >= 15 is 0 Å². The summed E-state index contributed by atoms with van der Waals surface area (Å²) in [5.41, 5.74) is 0.263. The Labute approximate surface area is 84.3 Å². The summed E-state index contributed by atoms with van der Waals surface area (Å²) in [4.78, 5) is 19.3. The molecule has 0 aromatic heterocycles. The molecule has 0 amide bonds. The van der Waals surface area contributed by atoms with E-state index in [-0.39, 0.29) is 5.56 Å². The molecule has 1 unspecified atom stereocenters. The van der Waals surface area contributed by atoms with E-state index in [9.17, 15) is 19.3 Å². The maximum atomic E-state index is 13.4. The van der Waals surface area contributed by atoms with E-state index in [1.807, 2.05) is 0 Å². The number of carboxylic acids is 1. The van der Waals surface area contributed by atoms with Crippen molar-refractivity contribution in [1.29, 1.82) is 0 Å². The second kappa shape index (κ2) is 4.04. The average molecular weight is 213 g/mol. The fraction of sp³-hybridized carbons (Fsp3) is 0.222. The zero-order chi connectivity index (χ0) is 11.5. The molecule has 0 saturated carbocycles. The van der Waals surface area contributed by atoms with E-state index in [0.29, 0.717) is 0 Å². The molecule has 1 aromatic rings. The standard InChI is InChI=1S/C9H8FNO4/c10-9(8(12)13,11(14)15)6-7-4-2-1-3-5-7/h1-5H,6H2,(H,12,13). The van der Waals surface area contributed by atoms with Crippen molar-refractivity contribution >= 4 is 5.97 Å². The van der Waals surface area contributed by atoms with Crippen LogP contribution in [0.5, 0.6) is 0 Å². The quantitative estimate of drug-likeness (QED) is 0.463. The lowest BCUT2D eigenvalue weighted by atomic mass is 10.0. The molecule has 0 aliphatic heterocycles. The number of hydrogen-bond acceptors (Lipinski definition) is 3. The largest absolute Gasteiger partial charge is 0.474 e. The Balaban J connectivity index is 2.95. The Morgan fingerprint density at radius 1 is 1.47 bits per heavy atom. The Morgan fingerprint density at radius 2 is 2.00 bits per heavy atom. The van der Waals surface area contributed by atoms with Gasteiger partial charge in [0.05, 0.1) is 11.3 Å². The molecule has 0 heterocycles. The average Bonchev–Trinajstić information content (AvgIpc) is 2.18. The van der Waals surface area contributed by atoms with Crippen molar-refractivity contribution in [3.8, 4) is 0 Å². The van der Waals surface area contributed by atoms with Gasteiger partial charge >= 0.3 is 11.8 Å². The Morgan fingerprint density at radius 3 is 2.40 bits per heavy atom. The van der Waals surface area contributed by atoms with Crippen LogP contribution in [0.4, 0.5) is 4.39 Å². The van der Waals surface area contributed by atoms with Crippen molar-refractivity contribution in [1.82, 2.24) is 0 Å². The number of carbonyl (C=O) groups is 1. The molecule has 5 nitrogen and oxygen atoms in total. The molecule has 1 rings (SSSR count). The summed E-state index contributed by atoms with van der Waals surface area (Å²) in [6.07, 6.45) is -0.782. The zero-order valence-corrected chi connectivity index (χ0v) is 7.59. The van der Waals surface area contributed by atoms with E-state index in [1.165, 1.54) is 12.1 Å². The van der Waals surface area contributed by atoms with Gasteiger partial charge in [0, 0.05) is 0 Å². The third kappa shape index (κ3) is 2.28. The molecule has 0 aliphatic carbocycles. The van der Waals surface area contributed by atoms with E-state index in [4.69, 9.17) is 5.11 Å². The molecule has 6 heteroatoms. The molecule has 0 fully saturated rings. The smallest absolute Gasteiger partial charge is 0.458 e. The van der Waals surface area contributed by atoms with Gasteiger partial charge in [0.1, 0.15) is 0 Å². The van der Waals surface area contributed by atoms with Crippen LogP contribution in [-0.4, -0.2) is 21.8 Å². The first-order chi connectivity index (χ1) is 6.97. The summed E-state index contributed by atoms with van der Waals surface area (Å²) < 4.78 is 13.4. The number of carboxylic acid groups (broad SMARTS) is 1. The van der Waals surface area contributed by atoms with Gasteiger partial charge in [0.2, 0.25) is 0 Å². The van der Waals surface area contributed by atoms with Crippen molar-refractivity contribution in [2.45, 2.75) is 12.2 Å². The molecule has 0 radical (unpaired) electrons. The molecule has 80 valence electrons. The van der Waals surface area contributed by atoms with Gasteiger partial charge in [-0.05, 0) is 5.56 Å². The third-order valence-electron chi connectivity index (χ3n) is 1.90. The first kappa shape index (κ1) is 11.1. The Kier molecular flexibility index (Phi) is 2.99. The monoisotopic (exact) mass is 213 g/mol. The molecule has 1 N–H and O–H groups in total. The van der Waals surface area contributed by atoms with Crippen molar-refractivity contribution in [3.05, 3.63) is 46.0 Å². The van der Waals surface area contributed by atoms with Gasteiger partial charge in [-0.1, -0.05) is 30.3 Å². The first-order valence-electron chi connectivity index (χ1n) is 4.07. The van der Waals surface area contributed by atoms with Crippen LogP contribution < -0.4 is 0 Å². The van der Waals surface area contributed by atoms with Crippen molar-refractivity contribution in [3.63, 3.8) is 0 Å². The minimum Gasteiger partial charge on any atom is -0.474 e. The highest BCUT2D eigenvalue weighted by atomic mass is 19.1. The number of rotatable bonds is 4. The minimum absolute atomic E-state index is 0.263. The Bertz CT molecular complexity index is 365. The number of alkyl halides is 1. The lowest BCUT2D eigenvalue weighted by Crippen LogP contribution is -2.44. The molecule has 1 atom stereocenters. The summed E-state index contributed by atoms with van der Waals surface area (Å²) in [6.45, 7) is 0. The molecular weight excluding hydrogens is 205 g/mol. The maximum absolute atomic E-state index is 13.4. The van der Waals surface area contributed by atoms with Gasteiger partial charge in [0.25, 0.3) is 0 Å².